The predicted molar refractivity (Wildman–Crippen MR) is 62.2 cm³/mol. The van der Waals surface area contributed by atoms with Crippen molar-refractivity contribution in [1.82, 2.24) is 15.0 Å². The summed E-state index contributed by atoms with van der Waals surface area (Å²) < 4.78 is 1.48. The van der Waals surface area contributed by atoms with Crippen LogP contribution in [0.2, 0.25) is 5.02 Å². The van der Waals surface area contributed by atoms with Crippen LogP contribution in [-0.2, 0) is 0 Å². The van der Waals surface area contributed by atoms with Gasteiger partial charge in [0.2, 0.25) is 0 Å². The molecule has 0 bridgehead atoms. The summed E-state index contributed by atoms with van der Waals surface area (Å²) in [5, 5.41) is 16.7. The van der Waals surface area contributed by atoms with Gasteiger partial charge < -0.3 is 5.11 Å². The first-order chi connectivity index (χ1) is 8.09. The molecule has 0 aliphatic carbocycles. The van der Waals surface area contributed by atoms with Crippen molar-refractivity contribution < 1.29 is 9.90 Å². The van der Waals surface area contributed by atoms with Crippen molar-refractivity contribution in [3.63, 3.8) is 0 Å². The molecule has 0 aliphatic heterocycles. The van der Waals surface area contributed by atoms with Gasteiger partial charge in [-0.3, -0.25) is 0 Å². The maximum Gasteiger partial charge on any atom is 0.358 e. The lowest BCUT2D eigenvalue weighted by molar-refractivity contribution is 0.0690. The van der Waals surface area contributed by atoms with Crippen molar-refractivity contribution >= 4 is 17.6 Å². The molecule has 1 aromatic heterocycles. The first kappa shape index (κ1) is 11.6. The van der Waals surface area contributed by atoms with Crippen LogP contribution in [0.4, 0.5) is 0 Å². The summed E-state index contributed by atoms with van der Waals surface area (Å²) in [7, 11) is 0. The number of benzene rings is 1. The Morgan fingerprint density at radius 2 is 2.18 bits per heavy atom. The van der Waals surface area contributed by atoms with Gasteiger partial charge in [0.15, 0.2) is 5.69 Å². The molecular weight excluding hydrogens is 242 g/mol. The van der Waals surface area contributed by atoms with Gasteiger partial charge in [0.1, 0.15) is 0 Å². The van der Waals surface area contributed by atoms with E-state index in [1.807, 2.05) is 25.1 Å². The summed E-state index contributed by atoms with van der Waals surface area (Å²) in [6.07, 6.45) is 1.39. The molecule has 0 radical (unpaired) electrons. The number of carbonyl (C=O) groups is 1. The van der Waals surface area contributed by atoms with Crippen molar-refractivity contribution in [2.24, 2.45) is 0 Å². The summed E-state index contributed by atoms with van der Waals surface area (Å²) in [6, 6.07) is 7.19. The molecule has 2 rings (SSSR count). The second-order valence-corrected chi connectivity index (χ2v) is 3.99. The van der Waals surface area contributed by atoms with Crippen molar-refractivity contribution in [2.75, 3.05) is 0 Å². The maximum atomic E-state index is 10.7. The first-order valence-electron chi connectivity index (χ1n) is 4.99. The van der Waals surface area contributed by atoms with Gasteiger partial charge in [0.05, 0.1) is 12.2 Å². The number of carboxylic acids is 1. The van der Waals surface area contributed by atoms with Crippen LogP contribution in [0.5, 0.6) is 0 Å². The van der Waals surface area contributed by atoms with E-state index in [-0.39, 0.29) is 11.7 Å². The molecule has 1 aromatic carbocycles. The minimum Gasteiger partial charge on any atom is -0.476 e. The van der Waals surface area contributed by atoms with Crippen LogP contribution in [0.25, 0.3) is 0 Å². The van der Waals surface area contributed by atoms with Crippen LogP contribution in [0, 0.1) is 0 Å². The summed E-state index contributed by atoms with van der Waals surface area (Å²) >= 11 is 6.06. The Hall–Kier alpha value is -1.88. The SMILES string of the molecule is C[C@@H](c1ccccc1Cl)n1cc(C(=O)O)nn1. The van der Waals surface area contributed by atoms with Gasteiger partial charge in [0, 0.05) is 5.02 Å². The van der Waals surface area contributed by atoms with Gasteiger partial charge in [-0.15, -0.1) is 5.10 Å². The Bertz CT molecular complexity index is 553. The molecule has 0 fully saturated rings. The Balaban J connectivity index is 2.34. The average molecular weight is 252 g/mol. The van der Waals surface area contributed by atoms with E-state index >= 15 is 0 Å². The lowest BCUT2D eigenvalue weighted by Gasteiger charge is -2.12. The largest absolute Gasteiger partial charge is 0.476 e. The quantitative estimate of drug-likeness (QED) is 0.908. The standard InChI is InChI=1S/C11H10ClN3O2/c1-7(8-4-2-3-5-9(8)12)15-6-10(11(16)17)13-14-15/h2-7H,1H3,(H,16,17)/t7-/m0/s1. The lowest BCUT2D eigenvalue weighted by Crippen LogP contribution is -2.08. The van der Waals surface area contributed by atoms with Gasteiger partial charge in [-0.1, -0.05) is 35.0 Å². The fraction of sp³-hybridized carbons (Fsp3) is 0.182. The van der Waals surface area contributed by atoms with E-state index < -0.39 is 5.97 Å². The van der Waals surface area contributed by atoms with E-state index in [9.17, 15) is 4.79 Å². The number of carboxylic acid groups (broad SMARTS) is 1. The fourth-order valence-corrected chi connectivity index (χ4v) is 1.81. The average Bonchev–Trinajstić information content (AvgIpc) is 2.78. The topological polar surface area (TPSA) is 68.0 Å². The van der Waals surface area contributed by atoms with E-state index in [4.69, 9.17) is 16.7 Å². The molecule has 1 atom stereocenters. The number of hydrogen-bond donors (Lipinski definition) is 1. The number of aromatic nitrogens is 3. The Labute approximate surface area is 103 Å². The summed E-state index contributed by atoms with van der Waals surface area (Å²) in [5.41, 5.74) is 0.792. The normalized spacial score (nSPS) is 12.4. The van der Waals surface area contributed by atoms with Crippen LogP contribution in [0.15, 0.2) is 30.5 Å². The number of rotatable bonds is 3. The monoisotopic (exact) mass is 251 g/mol. The second-order valence-electron chi connectivity index (χ2n) is 3.59. The van der Waals surface area contributed by atoms with E-state index in [0.717, 1.165) is 5.56 Å². The van der Waals surface area contributed by atoms with Crippen molar-refractivity contribution in [3.8, 4) is 0 Å². The zero-order chi connectivity index (χ0) is 12.4. The van der Waals surface area contributed by atoms with Crippen LogP contribution < -0.4 is 0 Å². The number of halogens is 1. The molecule has 0 saturated heterocycles. The van der Waals surface area contributed by atoms with Crippen LogP contribution in [0.3, 0.4) is 0 Å². The molecular formula is C11H10ClN3O2. The molecule has 0 aliphatic rings. The highest BCUT2D eigenvalue weighted by molar-refractivity contribution is 6.31. The van der Waals surface area contributed by atoms with Gasteiger partial charge >= 0.3 is 5.97 Å². The third kappa shape index (κ3) is 2.29. The minimum atomic E-state index is -1.09. The third-order valence-corrected chi connectivity index (χ3v) is 2.83. The molecule has 88 valence electrons. The molecule has 5 nitrogen and oxygen atoms in total. The third-order valence-electron chi connectivity index (χ3n) is 2.48. The highest BCUT2D eigenvalue weighted by atomic mass is 35.5. The number of aromatic carboxylic acids is 1. The molecule has 0 amide bonds. The van der Waals surface area contributed by atoms with E-state index in [0.29, 0.717) is 5.02 Å². The number of nitrogens with zero attached hydrogens (tertiary/aromatic N) is 3. The Morgan fingerprint density at radius 1 is 1.47 bits per heavy atom. The van der Waals surface area contributed by atoms with E-state index in [2.05, 4.69) is 10.3 Å². The summed E-state index contributed by atoms with van der Waals surface area (Å²) in [6.45, 7) is 1.88. The Morgan fingerprint density at radius 3 is 2.76 bits per heavy atom. The molecule has 17 heavy (non-hydrogen) atoms. The predicted octanol–water partition coefficient (Wildman–Crippen LogP) is 2.24. The van der Waals surface area contributed by atoms with Gasteiger partial charge in [-0.05, 0) is 18.6 Å². The zero-order valence-electron chi connectivity index (χ0n) is 9.04. The lowest BCUT2D eigenvalue weighted by atomic mass is 10.1. The fourth-order valence-electron chi connectivity index (χ4n) is 1.52. The second kappa shape index (κ2) is 4.55. The first-order valence-corrected chi connectivity index (χ1v) is 5.37. The zero-order valence-corrected chi connectivity index (χ0v) is 9.80. The highest BCUT2D eigenvalue weighted by Crippen LogP contribution is 2.24. The molecule has 0 saturated carbocycles. The van der Waals surface area contributed by atoms with E-state index in [1.165, 1.54) is 10.9 Å². The van der Waals surface area contributed by atoms with Crippen molar-refractivity contribution in [3.05, 3.63) is 46.7 Å². The highest BCUT2D eigenvalue weighted by Gasteiger charge is 2.15. The molecule has 6 heteroatoms. The van der Waals surface area contributed by atoms with E-state index in [1.54, 1.807) is 6.07 Å². The maximum absolute atomic E-state index is 10.7. The van der Waals surface area contributed by atoms with Crippen LogP contribution in [0.1, 0.15) is 29.0 Å². The molecule has 2 aromatic rings. The summed E-state index contributed by atoms with van der Waals surface area (Å²) in [5.74, 6) is -1.09. The van der Waals surface area contributed by atoms with Crippen LogP contribution in [-0.4, -0.2) is 26.1 Å². The molecule has 1 N–H and O–H groups in total. The van der Waals surface area contributed by atoms with Crippen molar-refractivity contribution in [1.29, 1.82) is 0 Å². The number of hydrogen-bond acceptors (Lipinski definition) is 3. The molecule has 0 unspecified atom stereocenters. The Kier molecular flexibility index (Phi) is 3.10. The smallest absolute Gasteiger partial charge is 0.358 e. The van der Waals surface area contributed by atoms with Gasteiger partial charge in [-0.25, -0.2) is 9.48 Å². The molecule has 0 spiro atoms. The van der Waals surface area contributed by atoms with Crippen molar-refractivity contribution in [2.45, 2.75) is 13.0 Å². The van der Waals surface area contributed by atoms with Gasteiger partial charge in [-0.2, -0.15) is 0 Å². The van der Waals surface area contributed by atoms with Crippen LogP contribution >= 0.6 is 11.6 Å². The molecule has 1 heterocycles. The summed E-state index contributed by atoms with van der Waals surface area (Å²) in [4.78, 5) is 10.7. The minimum absolute atomic E-state index is 0.0797. The van der Waals surface area contributed by atoms with Gasteiger partial charge in [0.25, 0.3) is 0 Å².